The Hall–Kier alpha value is -0.0700. The standard InChI is InChI=1S/C12H18BrNO2S/c1-8(14-2)11-4-3-9(13)5-12(11)17-7-10(16)6-15/h3-5,8,10,14-16H,6-7H2,1-2H3. The molecule has 0 aliphatic heterocycles. The molecule has 0 bridgehead atoms. The highest BCUT2D eigenvalue weighted by Crippen LogP contribution is 2.30. The molecule has 3 N–H and O–H groups in total. The van der Waals surface area contributed by atoms with Crippen molar-refractivity contribution in [1.82, 2.24) is 5.32 Å². The van der Waals surface area contributed by atoms with Gasteiger partial charge in [-0.25, -0.2) is 0 Å². The van der Waals surface area contributed by atoms with Gasteiger partial charge in [-0.05, 0) is 31.7 Å². The molecule has 96 valence electrons. The fourth-order valence-electron chi connectivity index (χ4n) is 1.39. The van der Waals surface area contributed by atoms with Gasteiger partial charge < -0.3 is 15.5 Å². The van der Waals surface area contributed by atoms with E-state index >= 15 is 0 Å². The fourth-order valence-corrected chi connectivity index (χ4v) is 3.00. The lowest BCUT2D eigenvalue weighted by Crippen LogP contribution is -2.16. The third kappa shape index (κ3) is 4.60. The Kier molecular flexibility index (Phi) is 6.51. The third-order valence-corrected chi connectivity index (χ3v) is 4.23. The molecule has 0 amide bonds. The van der Waals surface area contributed by atoms with Crippen molar-refractivity contribution < 1.29 is 10.2 Å². The van der Waals surface area contributed by atoms with Gasteiger partial charge in [0, 0.05) is 21.2 Å². The molecule has 1 rings (SSSR count). The van der Waals surface area contributed by atoms with Crippen molar-refractivity contribution in [2.45, 2.75) is 24.0 Å². The molecule has 0 radical (unpaired) electrons. The van der Waals surface area contributed by atoms with Crippen LogP contribution in [0.3, 0.4) is 0 Å². The average molecular weight is 320 g/mol. The van der Waals surface area contributed by atoms with E-state index < -0.39 is 6.10 Å². The summed E-state index contributed by atoms with van der Waals surface area (Å²) >= 11 is 5.00. The summed E-state index contributed by atoms with van der Waals surface area (Å²) in [7, 11) is 1.92. The van der Waals surface area contributed by atoms with Crippen LogP contribution in [-0.4, -0.2) is 35.7 Å². The van der Waals surface area contributed by atoms with E-state index in [4.69, 9.17) is 5.11 Å². The average Bonchev–Trinajstić information content (AvgIpc) is 2.35. The van der Waals surface area contributed by atoms with E-state index in [0.29, 0.717) is 5.75 Å². The maximum atomic E-state index is 9.38. The maximum absolute atomic E-state index is 9.38. The molecule has 0 aliphatic rings. The predicted molar refractivity (Wildman–Crippen MR) is 75.4 cm³/mol. The molecule has 2 atom stereocenters. The van der Waals surface area contributed by atoms with Crippen LogP contribution >= 0.6 is 27.7 Å². The van der Waals surface area contributed by atoms with Gasteiger partial charge in [-0.3, -0.25) is 0 Å². The van der Waals surface area contributed by atoms with Crippen molar-refractivity contribution in [1.29, 1.82) is 0 Å². The first-order valence-electron chi connectivity index (χ1n) is 5.47. The summed E-state index contributed by atoms with van der Waals surface area (Å²) in [6, 6.07) is 6.38. The van der Waals surface area contributed by atoms with Gasteiger partial charge in [-0.1, -0.05) is 22.0 Å². The van der Waals surface area contributed by atoms with Gasteiger partial charge in [0.2, 0.25) is 0 Å². The quantitative estimate of drug-likeness (QED) is 0.703. The molecule has 17 heavy (non-hydrogen) atoms. The minimum absolute atomic E-state index is 0.197. The number of hydrogen-bond acceptors (Lipinski definition) is 4. The van der Waals surface area contributed by atoms with Crippen molar-refractivity contribution in [2.24, 2.45) is 0 Å². The van der Waals surface area contributed by atoms with E-state index in [0.717, 1.165) is 9.37 Å². The van der Waals surface area contributed by atoms with Crippen molar-refractivity contribution in [3.8, 4) is 0 Å². The molecule has 0 fully saturated rings. The molecule has 0 spiro atoms. The van der Waals surface area contributed by atoms with E-state index in [1.54, 1.807) is 11.8 Å². The Morgan fingerprint density at radius 1 is 1.47 bits per heavy atom. The van der Waals surface area contributed by atoms with Gasteiger partial charge in [-0.15, -0.1) is 11.8 Å². The summed E-state index contributed by atoms with van der Waals surface area (Å²) in [5.41, 5.74) is 1.20. The van der Waals surface area contributed by atoms with E-state index in [9.17, 15) is 5.11 Å². The zero-order chi connectivity index (χ0) is 12.8. The van der Waals surface area contributed by atoms with E-state index in [1.807, 2.05) is 19.2 Å². The number of hydrogen-bond donors (Lipinski definition) is 3. The Morgan fingerprint density at radius 3 is 2.76 bits per heavy atom. The molecular weight excluding hydrogens is 302 g/mol. The first-order chi connectivity index (χ1) is 8.08. The van der Waals surface area contributed by atoms with Gasteiger partial charge in [0.15, 0.2) is 0 Å². The zero-order valence-electron chi connectivity index (χ0n) is 9.98. The number of rotatable bonds is 6. The lowest BCUT2D eigenvalue weighted by atomic mass is 10.1. The summed E-state index contributed by atoms with van der Waals surface area (Å²) < 4.78 is 1.02. The van der Waals surface area contributed by atoms with Crippen LogP contribution in [0.15, 0.2) is 27.6 Å². The highest BCUT2D eigenvalue weighted by atomic mass is 79.9. The molecule has 3 nitrogen and oxygen atoms in total. The van der Waals surface area contributed by atoms with Crippen LogP contribution in [-0.2, 0) is 0 Å². The third-order valence-electron chi connectivity index (χ3n) is 2.52. The Bertz CT molecular complexity index is 362. The molecule has 0 aromatic heterocycles. The number of thioether (sulfide) groups is 1. The molecule has 0 saturated heterocycles. The zero-order valence-corrected chi connectivity index (χ0v) is 12.4. The number of halogens is 1. The van der Waals surface area contributed by atoms with Gasteiger partial charge in [0.05, 0.1) is 12.7 Å². The lowest BCUT2D eigenvalue weighted by molar-refractivity contribution is 0.113. The van der Waals surface area contributed by atoms with Crippen LogP contribution in [0.2, 0.25) is 0 Å². The van der Waals surface area contributed by atoms with Crippen LogP contribution in [0.25, 0.3) is 0 Å². The summed E-state index contributed by atoms with van der Waals surface area (Å²) in [5.74, 6) is 0.496. The SMILES string of the molecule is CNC(C)c1ccc(Br)cc1SCC(O)CO. The maximum Gasteiger partial charge on any atom is 0.0864 e. The minimum atomic E-state index is -0.670. The van der Waals surface area contributed by atoms with E-state index in [1.165, 1.54) is 5.56 Å². The smallest absolute Gasteiger partial charge is 0.0864 e. The molecule has 1 aromatic carbocycles. The molecule has 0 aliphatic carbocycles. The summed E-state index contributed by atoms with van der Waals surface area (Å²) in [6.45, 7) is 1.90. The Labute approximate surface area is 115 Å². The number of nitrogens with one attached hydrogen (secondary N) is 1. The monoisotopic (exact) mass is 319 g/mol. The molecule has 5 heteroatoms. The molecule has 2 unspecified atom stereocenters. The first kappa shape index (κ1) is 15.0. The second-order valence-corrected chi connectivity index (χ2v) is 5.82. The van der Waals surface area contributed by atoms with E-state index in [2.05, 4.69) is 34.2 Å². The summed E-state index contributed by atoms with van der Waals surface area (Å²) in [4.78, 5) is 1.12. The minimum Gasteiger partial charge on any atom is -0.394 e. The highest BCUT2D eigenvalue weighted by Gasteiger charge is 2.11. The van der Waals surface area contributed by atoms with Crippen LogP contribution < -0.4 is 5.32 Å². The van der Waals surface area contributed by atoms with Gasteiger partial charge in [-0.2, -0.15) is 0 Å². The predicted octanol–water partition coefficient (Wildman–Crippen LogP) is 2.17. The normalized spacial score (nSPS) is 14.6. The van der Waals surface area contributed by atoms with Crippen molar-refractivity contribution in [3.63, 3.8) is 0 Å². The molecule has 1 aromatic rings. The van der Waals surface area contributed by atoms with Crippen molar-refractivity contribution >= 4 is 27.7 Å². The molecule has 0 heterocycles. The van der Waals surface area contributed by atoms with E-state index in [-0.39, 0.29) is 12.6 Å². The number of benzene rings is 1. The number of aliphatic hydroxyl groups excluding tert-OH is 2. The highest BCUT2D eigenvalue weighted by molar-refractivity contribution is 9.10. The topological polar surface area (TPSA) is 52.5 Å². The largest absolute Gasteiger partial charge is 0.394 e. The molecular formula is C12H18BrNO2S. The van der Waals surface area contributed by atoms with Gasteiger partial charge in [0.1, 0.15) is 0 Å². The number of aliphatic hydroxyl groups is 2. The van der Waals surface area contributed by atoms with Crippen molar-refractivity contribution in [3.05, 3.63) is 28.2 Å². The van der Waals surface area contributed by atoms with Gasteiger partial charge in [0.25, 0.3) is 0 Å². The summed E-state index contributed by atoms with van der Waals surface area (Å²) in [5, 5.41) is 21.4. The molecule has 0 saturated carbocycles. The van der Waals surface area contributed by atoms with Crippen LogP contribution in [0.5, 0.6) is 0 Å². The van der Waals surface area contributed by atoms with Crippen LogP contribution in [0.4, 0.5) is 0 Å². The Morgan fingerprint density at radius 2 is 2.18 bits per heavy atom. The first-order valence-corrected chi connectivity index (χ1v) is 7.24. The van der Waals surface area contributed by atoms with Gasteiger partial charge >= 0.3 is 0 Å². The summed E-state index contributed by atoms with van der Waals surface area (Å²) in [6.07, 6.45) is -0.670. The second-order valence-electron chi connectivity index (χ2n) is 3.84. The fraction of sp³-hybridized carbons (Fsp3) is 0.500. The van der Waals surface area contributed by atoms with Crippen LogP contribution in [0, 0.1) is 0 Å². The Balaban J connectivity index is 2.83. The van der Waals surface area contributed by atoms with Crippen molar-refractivity contribution in [2.75, 3.05) is 19.4 Å². The lowest BCUT2D eigenvalue weighted by Gasteiger charge is -2.16. The van der Waals surface area contributed by atoms with Crippen LogP contribution in [0.1, 0.15) is 18.5 Å². The second kappa shape index (κ2) is 7.38.